The van der Waals surface area contributed by atoms with E-state index >= 15 is 0 Å². The van der Waals surface area contributed by atoms with Gasteiger partial charge in [0.1, 0.15) is 11.5 Å². The Hall–Kier alpha value is -3.45. The number of nitrogens with zero attached hydrogens (tertiary/aromatic N) is 2. The van der Waals surface area contributed by atoms with Crippen LogP contribution in [-0.4, -0.2) is 28.4 Å². The van der Waals surface area contributed by atoms with Gasteiger partial charge >= 0.3 is 5.91 Å². The number of benzene rings is 2. The van der Waals surface area contributed by atoms with Crippen LogP contribution in [0.1, 0.15) is 36.1 Å². The molecule has 7 heteroatoms. The number of Topliss-reactive ketones (excluding diaryl/α,β-unsaturated/α-hetero) is 1. The Balaban J connectivity index is 1.88. The molecule has 3 aromatic rings. The highest BCUT2D eigenvalue weighted by Crippen LogP contribution is 2.43. The molecule has 0 radical (unpaired) electrons. The molecule has 1 aliphatic heterocycles. The van der Waals surface area contributed by atoms with E-state index in [0.717, 1.165) is 12.0 Å². The van der Waals surface area contributed by atoms with Crippen LogP contribution in [0.25, 0.3) is 5.76 Å². The third-order valence-electron chi connectivity index (χ3n) is 5.04. The van der Waals surface area contributed by atoms with Gasteiger partial charge < -0.3 is 9.84 Å². The highest BCUT2D eigenvalue weighted by molar-refractivity contribution is 7.14. The van der Waals surface area contributed by atoms with Crippen molar-refractivity contribution >= 4 is 33.9 Å². The van der Waals surface area contributed by atoms with Gasteiger partial charge in [0.05, 0.1) is 18.2 Å². The molecule has 4 rings (SSSR count). The summed E-state index contributed by atoms with van der Waals surface area (Å²) in [6, 6.07) is 13.6. The minimum absolute atomic E-state index is 0.0386. The Bertz CT molecular complexity index is 1140. The number of aryl methyl sites for hydroxylation is 1. The van der Waals surface area contributed by atoms with Crippen LogP contribution in [0.4, 0.5) is 5.13 Å². The molecule has 0 spiro atoms. The Morgan fingerprint density at radius 3 is 2.65 bits per heavy atom. The Morgan fingerprint density at radius 1 is 1.19 bits per heavy atom. The van der Waals surface area contributed by atoms with Crippen molar-refractivity contribution in [3.8, 4) is 5.75 Å². The minimum atomic E-state index is -0.808. The lowest BCUT2D eigenvalue weighted by molar-refractivity contribution is -0.132. The zero-order valence-corrected chi connectivity index (χ0v) is 18.1. The number of carbonyl (C=O) groups is 2. The second kappa shape index (κ2) is 8.73. The second-order valence-electron chi connectivity index (χ2n) is 7.27. The maximum absolute atomic E-state index is 13.1. The van der Waals surface area contributed by atoms with Crippen LogP contribution in [-0.2, 0) is 9.59 Å². The molecule has 6 nitrogen and oxygen atoms in total. The quantitative estimate of drug-likeness (QED) is 0.340. The lowest BCUT2D eigenvalue weighted by Gasteiger charge is -2.23. The predicted octanol–water partition coefficient (Wildman–Crippen LogP) is 4.87. The van der Waals surface area contributed by atoms with Gasteiger partial charge in [0.2, 0.25) is 0 Å². The summed E-state index contributed by atoms with van der Waals surface area (Å²) >= 11 is 1.26. The van der Waals surface area contributed by atoms with Crippen molar-refractivity contribution in [2.24, 2.45) is 0 Å². The summed E-state index contributed by atoms with van der Waals surface area (Å²) in [6.45, 7) is 4.51. The van der Waals surface area contributed by atoms with Crippen LogP contribution in [0, 0.1) is 6.92 Å². The highest BCUT2D eigenvalue weighted by Gasteiger charge is 2.48. The number of hydrogen-bond acceptors (Lipinski definition) is 6. The van der Waals surface area contributed by atoms with Crippen molar-refractivity contribution in [2.45, 2.75) is 26.3 Å². The third-order valence-corrected chi connectivity index (χ3v) is 5.81. The molecule has 1 unspecified atom stereocenters. The molecule has 1 aromatic heterocycles. The summed E-state index contributed by atoms with van der Waals surface area (Å²) in [5.74, 6) is -1.02. The Morgan fingerprint density at radius 2 is 1.97 bits per heavy atom. The molecule has 1 amide bonds. The van der Waals surface area contributed by atoms with Crippen LogP contribution < -0.4 is 9.64 Å². The number of aliphatic hydroxyl groups is 1. The summed E-state index contributed by atoms with van der Waals surface area (Å²) in [4.78, 5) is 31.7. The fourth-order valence-corrected chi connectivity index (χ4v) is 4.21. The maximum Gasteiger partial charge on any atom is 0.301 e. The van der Waals surface area contributed by atoms with E-state index in [1.54, 1.807) is 29.8 Å². The summed E-state index contributed by atoms with van der Waals surface area (Å²) in [7, 11) is 0. The topological polar surface area (TPSA) is 79.7 Å². The monoisotopic (exact) mass is 434 g/mol. The molecular weight excluding hydrogens is 412 g/mol. The number of aliphatic hydroxyl groups excluding tert-OH is 1. The van der Waals surface area contributed by atoms with E-state index in [9.17, 15) is 14.7 Å². The van der Waals surface area contributed by atoms with Crippen molar-refractivity contribution in [3.63, 3.8) is 0 Å². The van der Waals surface area contributed by atoms with Crippen molar-refractivity contribution < 1.29 is 19.4 Å². The first-order chi connectivity index (χ1) is 15.0. The predicted molar refractivity (Wildman–Crippen MR) is 120 cm³/mol. The first kappa shape index (κ1) is 20.8. The Labute approximate surface area is 184 Å². The molecule has 0 aliphatic carbocycles. The number of carbonyl (C=O) groups excluding carboxylic acids is 2. The molecule has 0 saturated carbocycles. The second-order valence-corrected chi connectivity index (χ2v) is 8.14. The number of aromatic nitrogens is 1. The average Bonchev–Trinajstić information content (AvgIpc) is 3.39. The van der Waals surface area contributed by atoms with Gasteiger partial charge in [0, 0.05) is 17.1 Å². The Kier molecular flexibility index (Phi) is 5.86. The number of anilines is 1. The molecule has 1 aliphatic rings. The van der Waals surface area contributed by atoms with Crippen molar-refractivity contribution in [2.75, 3.05) is 11.5 Å². The van der Waals surface area contributed by atoms with Crippen molar-refractivity contribution in [1.82, 2.24) is 4.98 Å². The highest BCUT2D eigenvalue weighted by atomic mass is 32.1. The van der Waals surface area contributed by atoms with Crippen molar-refractivity contribution in [3.05, 3.63) is 82.4 Å². The smallest absolute Gasteiger partial charge is 0.301 e. The fourth-order valence-electron chi connectivity index (χ4n) is 3.54. The van der Waals surface area contributed by atoms with Crippen molar-refractivity contribution in [1.29, 1.82) is 0 Å². The number of ketones is 1. The standard InChI is InChI=1S/C24H22N2O4S/c1-3-12-30-18-6-4-5-17(14-18)20-19(21(27)16-9-7-15(2)8-10-16)22(28)23(29)26(20)24-25-11-13-31-24/h4-11,13-14,20,27H,3,12H2,1-2H3/b21-19+. The average molecular weight is 435 g/mol. The van der Waals surface area contributed by atoms with E-state index in [2.05, 4.69) is 4.98 Å². The maximum atomic E-state index is 13.1. The number of amides is 1. The van der Waals surface area contributed by atoms with E-state index < -0.39 is 17.7 Å². The molecule has 1 atom stereocenters. The molecule has 2 aromatic carbocycles. The third kappa shape index (κ3) is 3.96. The van der Waals surface area contributed by atoms with E-state index in [1.807, 2.05) is 44.2 Å². The summed E-state index contributed by atoms with van der Waals surface area (Å²) in [5.41, 5.74) is 2.21. The number of ether oxygens (including phenoxy) is 1. The van der Waals surface area contributed by atoms with E-state index in [1.165, 1.54) is 16.2 Å². The first-order valence-electron chi connectivity index (χ1n) is 10.0. The molecule has 31 heavy (non-hydrogen) atoms. The summed E-state index contributed by atoms with van der Waals surface area (Å²) < 4.78 is 5.75. The minimum Gasteiger partial charge on any atom is -0.507 e. The van der Waals surface area contributed by atoms with Crippen LogP contribution in [0.3, 0.4) is 0 Å². The molecule has 2 heterocycles. The number of hydrogen-bond donors (Lipinski definition) is 1. The van der Waals surface area contributed by atoms with Gasteiger partial charge in [0.25, 0.3) is 5.78 Å². The largest absolute Gasteiger partial charge is 0.507 e. The van der Waals surface area contributed by atoms with Gasteiger partial charge in [-0.3, -0.25) is 14.5 Å². The molecule has 1 fully saturated rings. The molecule has 0 bridgehead atoms. The van der Waals surface area contributed by atoms with Gasteiger partial charge in [0.15, 0.2) is 5.13 Å². The lowest BCUT2D eigenvalue weighted by Crippen LogP contribution is -2.29. The van der Waals surface area contributed by atoms with E-state index in [4.69, 9.17) is 4.74 Å². The van der Waals surface area contributed by atoms with Gasteiger partial charge in [-0.05, 0) is 31.0 Å². The lowest BCUT2D eigenvalue weighted by atomic mass is 9.95. The SMILES string of the molecule is CCCOc1cccc(C2/C(=C(\O)c3ccc(C)cc3)C(=O)C(=O)N2c2nccs2)c1. The van der Waals surface area contributed by atoms with Crippen LogP contribution in [0.15, 0.2) is 65.7 Å². The number of rotatable bonds is 6. The van der Waals surface area contributed by atoms with Crippen LogP contribution >= 0.6 is 11.3 Å². The van der Waals surface area contributed by atoms with E-state index in [-0.39, 0.29) is 11.3 Å². The zero-order chi connectivity index (χ0) is 22.0. The van der Waals surface area contributed by atoms with Gasteiger partial charge in [-0.2, -0.15) is 0 Å². The van der Waals surface area contributed by atoms with E-state index in [0.29, 0.717) is 28.6 Å². The molecule has 158 valence electrons. The zero-order valence-electron chi connectivity index (χ0n) is 17.2. The molecule has 1 saturated heterocycles. The fraction of sp³-hybridized carbons (Fsp3) is 0.208. The molecular formula is C24H22N2O4S. The summed E-state index contributed by atoms with van der Waals surface area (Å²) in [5, 5.41) is 13.2. The van der Waals surface area contributed by atoms with Crippen LogP contribution in [0.5, 0.6) is 5.75 Å². The van der Waals surface area contributed by atoms with Gasteiger partial charge in [-0.25, -0.2) is 4.98 Å². The van der Waals surface area contributed by atoms with Crippen LogP contribution in [0.2, 0.25) is 0 Å². The van der Waals surface area contributed by atoms with Gasteiger partial charge in [-0.15, -0.1) is 11.3 Å². The molecule has 1 N–H and O–H groups in total. The normalized spacial score (nSPS) is 17.9. The summed E-state index contributed by atoms with van der Waals surface area (Å²) in [6.07, 6.45) is 2.44. The number of thiazole rings is 1. The first-order valence-corrected chi connectivity index (χ1v) is 10.9. The van der Waals surface area contributed by atoms with Gasteiger partial charge in [-0.1, -0.05) is 48.9 Å².